The highest BCUT2D eigenvalue weighted by Crippen LogP contribution is 2.46. The van der Waals surface area contributed by atoms with E-state index in [0.717, 1.165) is 43.7 Å². The number of benzene rings is 1. The Hall–Kier alpha value is -3.10. The van der Waals surface area contributed by atoms with E-state index in [0.29, 0.717) is 27.7 Å². The summed E-state index contributed by atoms with van der Waals surface area (Å²) in [6, 6.07) is 7.87. The van der Waals surface area contributed by atoms with Crippen LogP contribution < -0.4 is 15.8 Å². The van der Waals surface area contributed by atoms with Crippen LogP contribution in [0.2, 0.25) is 5.02 Å². The number of H-pyrrole nitrogens is 1. The molecule has 1 aromatic carbocycles. The highest BCUT2D eigenvalue weighted by Gasteiger charge is 2.47. The van der Waals surface area contributed by atoms with Gasteiger partial charge in [0, 0.05) is 24.7 Å². The normalized spacial score (nSPS) is 26.5. The van der Waals surface area contributed by atoms with E-state index in [1.807, 2.05) is 24.3 Å². The Balaban J connectivity index is 1.24. The summed E-state index contributed by atoms with van der Waals surface area (Å²) in [6.07, 6.45) is 9.14. The van der Waals surface area contributed by atoms with Crippen LogP contribution in [0.1, 0.15) is 19.3 Å². The lowest BCUT2D eigenvalue weighted by Gasteiger charge is -2.29. The third-order valence-electron chi connectivity index (χ3n) is 7.67. The van der Waals surface area contributed by atoms with Gasteiger partial charge in [-0.25, -0.2) is 9.97 Å². The number of carbonyl (C=O) groups is 1. The maximum atomic E-state index is 12.2. The number of aromatic amines is 1. The maximum absolute atomic E-state index is 12.2. The molecular weight excluding hydrogens is 464 g/mol. The number of carbonyl (C=O) groups excluding carboxylic acids is 1. The van der Waals surface area contributed by atoms with Crippen molar-refractivity contribution in [2.75, 3.05) is 25.5 Å². The van der Waals surface area contributed by atoms with Gasteiger partial charge in [0.1, 0.15) is 23.2 Å². The quantitative estimate of drug-likeness (QED) is 0.451. The summed E-state index contributed by atoms with van der Waals surface area (Å²) in [5.41, 5.74) is 8.66. The number of aromatic nitrogens is 3. The second-order valence-corrected chi connectivity index (χ2v) is 10.4. The van der Waals surface area contributed by atoms with Crippen molar-refractivity contribution < 1.29 is 9.53 Å². The molecule has 182 valence electrons. The van der Waals surface area contributed by atoms with Crippen molar-refractivity contribution in [3.63, 3.8) is 0 Å². The maximum Gasteiger partial charge on any atom is 0.223 e. The summed E-state index contributed by atoms with van der Waals surface area (Å²) in [4.78, 5) is 27.0. The molecule has 35 heavy (non-hydrogen) atoms. The summed E-state index contributed by atoms with van der Waals surface area (Å²) >= 11 is 6.56. The van der Waals surface area contributed by atoms with Crippen LogP contribution in [-0.4, -0.2) is 58.0 Å². The molecule has 3 aromatic rings. The Morgan fingerprint density at radius 1 is 1.20 bits per heavy atom. The van der Waals surface area contributed by atoms with Gasteiger partial charge in [-0.15, -0.1) is 0 Å². The summed E-state index contributed by atoms with van der Waals surface area (Å²) in [7, 11) is 2.15. The topological polar surface area (TPSA) is 109 Å². The number of likely N-dealkylation sites (tertiary alicyclic amines) is 1. The number of hydrogen-bond donors (Lipinski definition) is 3. The number of ether oxygens (including phenoxy) is 1. The molecule has 1 aliphatic heterocycles. The molecule has 2 bridgehead atoms. The Kier molecular flexibility index (Phi) is 5.65. The number of allylic oxidation sites excluding steroid dienone is 1. The zero-order valence-electron chi connectivity index (χ0n) is 19.6. The third kappa shape index (κ3) is 4.15. The van der Waals surface area contributed by atoms with Crippen LogP contribution in [0.3, 0.4) is 0 Å². The molecule has 1 amide bonds. The number of primary amides is 1. The minimum Gasteiger partial charge on any atom is -0.490 e. The number of rotatable bonds is 6. The van der Waals surface area contributed by atoms with Crippen LogP contribution in [0.5, 0.6) is 5.75 Å². The van der Waals surface area contributed by atoms with Crippen molar-refractivity contribution in [3.05, 3.63) is 47.6 Å². The van der Waals surface area contributed by atoms with E-state index in [-0.39, 0.29) is 35.8 Å². The van der Waals surface area contributed by atoms with Crippen LogP contribution in [0, 0.1) is 17.8 Å². The average molecular weight is 493 g/mol. The smallest absolute Gasteiger partial charge is 0.223 e. The highest BCUT2D eigenvalue weighted by molar-refractivity contribution is 6.34. The Morgan fingerprint density at radius 3 is 2.69 bits per heavy atom. The number of fused-ring (bicyclic) bond motifs is 3. The van der Waals surface area contributed by atoms with Gasteiger partial charge in [0.15, 0.2) is 5.65 Å². The fraction of sp³-hybridized carbons (Fsp3) is 0.423. The molecule has 4 N–H and O–H groups in total. The lowest BCUT2D eigenvalue weighted by molar-refractivity contribution is -0.122. The van der Waals surface area contributed by atoms with Gasteiger partial charge >= 0.3 is 0 Å². The standard InChI is InChI=1S/C26H29ClN6O2/c1-33-10-8-18(9-11-33)35-17-6-4-14(5-7-17)25-31-23-22(19(27)13-29-26(23)32-25)30-21-16-3-2-15(12-16)20(21)24(28)34/h2-7,13,15-16,18,20-21H,8-12H2,1H3,(H2,28,34)(H2,29,30,31,32). The highest BCUT2D eigenvalue weighted by atomic mass is 35.5. The molecule has 4 atom stereocenters. The van der Waals surface area contributed by atoms with Gasteiger partial charge < -0.3 is 25.7 Å². The first-order chi connectivity index (χ1) is 17.0. The molecule has 2 aromatic heterocycles. The summed E-state index contributed by atoms with van der Waals surface area (Å²) < 4.78 is 6.18. The number of amides is 1. The molecule has 4 unspecified atom stereocenters. The van der Waals surface area contributed by atoms with E-state index < -0.39 is 0 Å². The van der Waals surface area contributed by atoms with Gasteiger partial charge in [-0.1, -0.05) is 23.8 Å². The van der Waals surface area contributed by atoms with E-state index in [2.05, 4.69) is 39.4 Å². The zero-order chi connectivity index (χ0) is 24.1. The van der Waals surface area contributed by atoms with Crippen LogP contribution >= 0.6 is 11.6 Å². The number of nitrogens with zero attached hydrogens (tertiary/aromatic N) is 3. The lowest BCUT2D eigenvalue weighted by Crippen LogP contribution is -2.41. The van der Waals surface area contributed by atoms with Crippen LogP contribution in [0.15, 0.2) is 42.6 Å². The number of halogens is 1. The van der Waals surface area contributed by atoms with Gasteiger partial charge in [-0.05, 0) is 62.4 Å². The fourth-order valence-electron chi connectivity index (χ4n) is 5.77. The predicted octanol–water partition coefficient (Wildman–Crippen LogP) is 3.84. The molecule has 6 rings (SSSR count). The molecule has 8 nitrogen and oxygen atoms in total. The van der Waals surface area contributed by atoms with Gasteiger partial charge in [0.05, 0.1) is 22.8 Å². The van der Waals surface area contributed by atoms with Crippen LogP contribution in [0.4, 0.5) is 5.69 Å². The molecule has 1 saturated heterocycles. The largest absolute Gasteiger partial charge is 0.490 e. The van der Waals surface area contributed by atoms with Gasteiger partial charge in [-0.2, -0.15) is 0 Å². The zero-order valence-corrected chi connectivity index (χ0v) is 20.3. The van der Waals surface area contributed by atoms with E-state index >= 15 is 0 Å². The molecule has 0 spiro atoms. The number of piperidine rings is 1. The summed E-state index contributed by atoms with van der Waals surface area (Å²) in [6.45, 7) is 2.12. The van der Waals surface area contributed by atoms with E-state index in [1.165, 1.54) is 0 Å². The minimum absolute atomic E-state index is 0.103. The number of anilines is 1. The van der Waals surface area contributed by atoms with Gasteiger partial charge in [0.2, 0.25) is 5.91 Å². The predicted molar refractivity (Wildman–Crippen MR) is 136 cm³/mol. The minimum atomic E-state index is -0.284. The Labute approximate surface area is 208 Å². The molecule has 2 aliphatic carbocycles. The van der Waals surface area contributed by atoms with Crippen LogP contribution in [-0.2, 0) is 4.79 Å². The van der Waals surface area contributed by atoms with Gasteiger partial charge in [0.25, 0.3) is 0 Å². The molecule has 3 aliphatic rings. The average Bonchev–Trinajstić information content (AvgIpc) is 3.58. The van der Waals surface area contributed by atoms with Crippen molar-refractivity contribution in [1.82, 2.24) is 19.9 Å². The Morgan fingerprint density at radius 2 is 1.94 bits per heavy atom. The van der Waals surface area contributed by atoms with E-state index in [1.54, 1.807) is 6.20 Å². The molecule has 3 heterocycles. The number of nitrogens with one attached hydrogen (secondary N) is 2. The molecule has 1 saturated carbocycles. The Bertz CT molecular complexity index is 1280. The van der Waals surface area contributed by atoms with Crippen molar-refractivity contribution in [3.8, 4) is 17.1 Å². The molecule has 9 heteroatoms. The molecule has 0 radical (unpaired) electrons. The second kappa shape index (κ2) is 8.84. The number of imidazole rings is 1. The van der Waals surface area contributed by atoms with Crippen molar-refractivity contribution in [2.24, 2.45) is 23.5 Å². The second-order valence-electron chi connectivity index (χ2n) is 9.96. The summed E-state index contributed by atoms with van der Waals surface area (Å²) in [5, 5.41) is 4.00. The number of hydrogen-bond acceptors (Lipinski definition) is 6. The molecule has 2 fully saturated rings. The summed E-state index contributed by atoms with van der Waals surface area (Å²) in [5.74, 6) is 1.44. The first-order valence-corrected chi connectivity index (χ1v) is 12.6. The number of nitrogens with two attached hydrogens (primary N) is 1. The first-order valence-electron chi connectivity index (χ1n) is 12.2. The van der Waals surface area contributed by atoms with Crippen molar-refractivity contribution >= 4 is 34.4 Å². The third-order valence-corrected chi connectivity index (χ3v) is 7.96. The lowest BCUT2D eigenvalue weighted by atomic mass is 9.88. The van der Waals surface area contributed by atoms with Crippen molar-refractivity contribution in [1.29, 1.82) is 0 Å². The van der Waals surface area contributed by atoms with E-state index in [4.69, 9.17) is 27.1 Å². The van der Waals surface area contributed by atoms with Crippen molar-refractivity contribution in [2.45, 2.75) is 31.4 Å². The SMILES string of the molecule is CN1CCC(Oc2ccc(-c3nc4ncc(Cl)c(NC5C6C=CC(C6)C5C(N)=O)c4[nH]3)cc2)CC1. The number of pyridine rings is 1. The first kappa shape index (κ1) is 22.4. The monoisotopic (exact) mass is 492 g/mol. The fourth-order valence-corrected chi connectivity index (χ4v) is 5.97. The van der Waals surface area contributed by atoms with Crippen LogP contribution in [0.25, 0.3) is 22.6 Å². The van der Waals surface area contributed by atoms with Gasteiger partial charge in [-0.3, -0.25) is 4.79 Å². The molecular formula is C26H29ClN6O2. The van der Waals surface area contributed by atoms with E-state index in [9.17, 15) is 4.79 Å².